The number of aromatic nitrogens is 5. The van der Waals surface area contributed by atoms with Crippen LogP contribution in [0.25, 0.3) is 11.2 Å². The molecular formula is C8H12N6O3. The van der Waals surface area contributed by atoms with Gasteiger partial charge in [-0.1, -0.05) is 5.21 Å². The molecule has 0 spiro atoms. The van der Waals surface area contributed by atoms with Crippen LogP contribution in [0.4, 0.5) is 5.95 Å². The van der Waals surface area contributed by atoms with Crippen LogP contribution in [-0.4, -0.2) is 48.1 Å². The molecule has 0 saturated carbocycles. The minimum atomic E-state index is -1.05. The maximum Gasteiger partial charge on any atom is 0.222 e. The Labute approximate surface area is 95.8 Å². The van der Waals surface area contributed by atoms with Gasteiger partial charge < -0.3 is 20.7 Å². The van der Waals surface area contributed by atoms with E-state index in [-0.39, 0.29) is 25.7 Å². The third-order valence-electron chi connectivity index (χ3n) is 2.06. The molecule has 1 unspecified atom stereocenters. The van der Waals surface area contributed by atoms with E-state index in [0.29, 0.717) is 11.2 Å². The Morgan fingerprint density at radius 1 is 1.53 bits per heavy atom. The average molecular weight is 240 g/mol. The topological polar surface area (TPSA) is 132 Å². The van der Waals surface area contributed by atoms with Crippen LogP contribution in [0.5, 0.6) is 0 Å². The van der Waals surface area contributed by atoms with Crippen molar-refractivity contribution in [2.75, 3.05) is 12.3 Å². The van der Waals surface area contributed by atoms with Crippen LogP contribution in [0, 0.1) is 0 Å². The third kappa shape index (κ3) is 2.64. The lowest BCUT2D eigenvalue weighted by molar-refractivity contribution is -0.135. The van der Waals surface area contributed by atoms with Crippen LogP contribution < -0.4 is 5.73 Å². The number of nitrogens with zero attached hydrogens (tertiary/aromatic N) is 5. The second kappa shape index (κ2) is 4.99. The molecule has 4 N–H and O–H groups in total. The molecule has 2 rings (SSSR count). The first-order chi connectivity index (χ1) is 8.20. The molecule has 0 radical (unpaired) electrons. The number of aliphatic hydroxyl groups is 2. The molecule has 17 heavy (non-hydrogen) atoms. The van der Waals surface area contributed by atoms with E-state index in [0.717, 1.165) is 0 Å². The summed E-state index contributed by atoms with van der Waals surface area (Å²) in [6.45, 7) is -0.163. The van der Waals surface area contributed by atoms with E-state index in [1.807, 2.05) is 0 Å². The predicted molar refractivity (Wildman–Crippen MR) is 56.3 cm³/mol. The highest BCUT2D eigenvalue weighted by atomic mass is 16.6. The zero-order valence-corrected chi connectivity index (χ0v) is 8.89. The molecule has 0 bridgehead atoms. The lowest BCUT2D eigenvalue weighted by Gasteiger charge is -2.10. The summed E-state index contributed by atoms with van der Waals surface area (Å²) in [5.41, 5.74) is 6.31. The Kier molecular flexibility index (Phi) is 3.42. The van der Waals surface area contributed by atoms with Crippen molar-refractivity contribution >= 4 is 17.1 Å². The Balaban J connectivity index is 2.09. The van der Waals surface area contributed by atoms with Crippen molar-refractivity contribution in [3.05, 3.63) is 6.20 Å². The van der Waals surface area contributed by atoms with E-state index in [1.165, 1.54) is 10.9 Å². The third-order valence-corrected chi connectivity index (χ3v) is 2.06. The number of hydrogen-bond acceptors (Lipinski definition) is 8. The van der Waals surface area contributed by atoms with Gasteiger partial charge in [0.15, 0.2) is 6.29 Å². The van der Waals surface area contributed by atoms with Crippen LogP contribution in [0.15, 0.2) is 6.20 Å². The van der Waals surface area contributed by atoms with Crippen molar-refractivity contribution in [2.45, 2.75) is 19.4 Å². The fourth-order valence-electron chi connectivity index (χ4n) is 1.23. The normalized spacial score (nSPS) is 13.1. The molecule has 1 atom stereocenters. The molecule has 92 valence electrons. The summed E-state index contributed by atoms with van der Waals surface area (Å²) in [5, 5.41) is 25.4. The number of nitrogen functional groups attached to an aromatic ring is 1. The monoisotopic (exact) mass is 240 g/mol. The molecule has 0 fully saturated rings. The highest BCUT2D eigenvalue weighted by molar-refractivity contribution is 5.69. The first kappa shape index (κ1) is 11.6. The number of rotatable bonds is 5. The van der Waals surface area contributed by atoms with Gasteiger partial charge in [0.2, 0.25) is 11.6 Å². The van der Waals surface area contributed by atoms with Gasteiger partial charge in [-0.25, -0.2) is 9.67 Å². The second-order valence-corrected chi connectivity index (χ2v) is 3.29. The summed E-state index contributed by atoms with van der Waals surface area (Å²) in [6.07, 6.45) is 0.559. The van der Waals surface area contributed by atoms with E-state index in [1.54, 1.807) is 0 Å². The first-order valence-electron chi connectivity index (χ1n) is 4.93. The van der Waals surface area contributed by atoms with Crippen LogP contribution in [0.3, 0.4) is 0 Å². The van der Waals surface area contributed by atoms with Crippen LogP contribution in [-0.2, 0) is 11.5 Å². The number of aliphatic hydroxyl groups excluding tert-OH is 2. The minimum Gasteiger partial charge on any atom is -0.396 e. The molecule has 0 aliphatic carbocycles. The summed E-state index contributed by atoms with van der Waals surface area (Å²) < 4.78 is 6.42. The number of nitrogens with two attached hydrogens (primary N) is 1. The fraction of sp³-hybridized carbons (Fsp3) is 0.500. The van der Waals surface area contributed by atoms with Crippen LogP contribution in [0.1, 0.15) is 6.42 Å². The molecule has 9 heteroatoms. The number of ether oxygens (including phenoxy) is 1. The quantitative estimate of drug-likeness (QED) is 0.536. The van der Waals surface area contributed by atoms with Gasteiger partial charge in [0, 0.05) is 13.0 Å². The molecular weight excluding hydrogens is 228 g/mol. The summed E-state index contributed by atoms with van der Waals surface area (Å²) in [7, 11) is 0. The Morgan fingerprint density at radius 2 is 2.35 bits per heavy atom. The molecule has 2 aromatic heterocycles. The summed E-state index contributed by atoms with van der Waals surface area (Å²) in [5.74, 6) is 0.116. The molecule has 2 heterocycles. The summed E-state index contributed by atoms with van der Waals surface area (Å²) in [6, 6.07) is 0. The van der Waals surface area contributed by atoms with Gasteiger partial charge in [-0.05, 0) is 0 Å². The standard InChI is InChI=1S/C8H12N6O3/c9-8-10-3-5-7(11-8)12-13-14(5)4-17-6(16)1-2-15/h3,6,15-16H,1-2,4H2,(H2,9,10,11). The van der Waals surface area contributed by atoms with Gasteiger partial charge in [-0.2, -0.15) is 4.98 Å². The van der Waals surface area contributed by atoms with Crippen molar-refractivity contribution in [3.63, 3.8) is 0 Å². The highest BCUT2D eigenvalue weighted by Crippen LogP contribution is 2.08. The fourth-order valence-corrected chi connectivity index (χ4v) is 1.23. The van der Waals surface area contributed by atoms with Crippen molar-refractivity contribution in [1.82, 2.24) is 25.0 Å². The maximum absolute atomic E-state index is 9.27. The number of fused-ring (bicyclic) bond motifs is 1. The van der Waals surface area contributed by atoms with E-state index >= 15 is 0 Å². The molecule has 0 aromatic carbocycles. The van der Waals surface area contributed by atoms with Crippen molar-refractivity contribution in [3.8, 4) is 0 Å². The zero-order valence-electron chi connectivity index (χ0n) is 8.89. The smallest absolute Gasteiger partial charge is 0.222 e. The van der Waals surface area contributed by atoms with Crippen molar-refractivity contribution < 1.29 is 14.9 Å². The number of hydrogen-bond donors (Lipinski definition) is 3. The van der Waals surface area contributed by atoms with Gasteiger partial charge >= 0.3 is 0 Å². The van der Waals surface area contributed by atoms with Crippen molar-refractivity contribution in [1.29, 1.82) is 0 Å². The molecule has 0 aliphatic heterocycles. The number of anilines is 1. The average Bonchev–Trinajstić information content (AvgIpc) is 2.69. The highest BCUT2D eigenvalue weighted by Gasteiger charge is 2.09. The first-order valence-corrected chi connectivity index (χ1v) is 4.93. The minimum absolute atomic E-state index is 0.00898. The van der Waals surface area contributed by atoms with Crippen LogP contribution in [0.2, 0.25) is 0 Å². The Morgan fingerprint density at radius 3 is 3.12 bits per heavy atom. The van der Waals surface area contributed by atoms with Crippen LogP contribution >= 0.6 is 0 Å². The molecule has 0 aliphatic rings. The van der Waals surface area contributed by atoms with E-state index in [9.17, 15) is 5.11 Å². The molecule has 9 nitrogen and oxygen atoms in total. The zero-order chi connectivity index (χ0) is 12.3. The SMILES string of the molecule is Nc1ncc2c(nnn2COC(O)CCO)n1. The Bertz CT molecular complexity index is 501. The molecule has 0 amide bonds. The predicted octanol–water partition coefficient (Wildman–Crippen LogP) is -1.52. The largest absolute Gasteiger partial charge is 0.396 e. The lowest BCUT2D eigenvalue weighted by Crippen LogP contribution is -2.16. The summed E-state index contributed by atoms with van der Waals surface area (Å²) in [4.78, 5) is 7.69. The Hall–Kier alpha value is -1.84. The van der Waals surface area contributed by atoms with E-state index < -0.39 is 6.29 Å². The molecule has 0 saturated heterocycles. The van der Waals surface area contributed by atoms with Gasteiger partial charge in [-0.3, -0.25) is 0 Å². The summed E-state index contributed by atoms with van der Waals surface area (Å²) >= 11 is 0. The van der Waals surface area contributed by atoms with E-state index in [2.05, 4.69) is 20.3 Å². The lowest BCUT2D eigenvalue weighted by atomic mass is 10.4. The molecule has 2 aromatic rings. The van der Waals surface area contributed by atoms with Crippen molar-refractivity contribution in [2.24, 2.45) is 0 Å². The van der Waals surface area contributed by atoms with Gasteiger partial charge in [-0.15, -0.1) is 5.10 Å². The van der Waals surface area contributed by atoms with Gasteiger partial charge in [0.05, 0.1) is 6.20 Å². The second-order valence-electron chi connectivity index (χ2n) is 3.29. The van der Waals surface area contributed by atoms with Gasteiger partial charge in [0.25, 0.3) is 0 Å². The maximum atomic E-state index is 9.27. The van der Waals surface area contributed by atoms with Gasteiger partial charge in [0.1, 0.15) is 12.2 Å². The van der Waals surface area contributed by atoms with E-state index in [4.69, 9.17) is 15.6 Å².